The molecule has 6 nitrogen and oxygen atoms in total. The van der Waals surface area contributed by atoms with Crippen LogP contribution in [0.2, 0.25) is 0 Å². The largest absolute Gasteiger partial charge is 0.480 e. The van der Waals surface area contributed by atoms with Crippen LogP contribution >= 0.6 is 0 Å². The van der Waals surface area contributed by atoms with Gasteiger partial charge in [0.15, 0.2) is 0 Å². The number of nitrogens with zero attached hydrogens (tertiary/aromatic N) is 4. The number of aromatic nitrogens is 2. The fourth-order valence-corrected chi connectivity index (χ4v) is 2.14. The second kappa shape index (κ2) is 6.68. The lowest BCUT2D eigenvalue weighted by Gasteiger charge is -2.28. The van der Waals surface area contributed by atoms with Crippen LogP contribution in [0, 0.1) is 6.92 Å². The first kappa shape index (κ1) is 15.7. The predicted molar refractivity (Wildman–Crippen MR) is 74.1 cm³/mol. The molecule has 0 fully saturated rings. The number of carbonyl (C=O) groups is 1. The molecule has 0 amide bonds. The molecular weight excluding hydrogens is 244 g/mol. The Balaban J connectivity index is 2.83. The van der Waals surface area contributed by atoms with Gasteiger partial charge >= 0.3 is 5.97 Å². The fraction of sp³-hybridized carbons (Fsp3) is 0.692. The Morgan fingerprint density at radius 2 is 2.11 bits per heavy atom. The number of carboxylic acid groups (broad SMARTS) is 1. The average Bonchev–Trinajstić information content (AvgIpc) is 2.62. The van der Waals surface area contributed by atoms with Gasteiger partial charge in [0.25, 0.3) is 0 Å². The summed E-state index contributed by atoms with van der Waals surface area (Å²) in [6.07, 6.45) is 1.96. The van der Waals surface area contributed by atoms with Crippen molar-refractivity contribution in [1.29, 1.82) is 0 Å². The Hall–Kier alpha value is -1.40. The third-order valence-electron chi connectivity index (χ3n) is 3.22. The Bertz CT molecular complexity index is 428. The molecule has 0 spiro atoms. The number of aryl methyl sites for hydroxylation is 2. The van der Waals surface area contributed by atoms with Gasteiger partial charge in [-0.3, -0.25) is 14.4 Å². The van der Waals surface area contributed by atoms with Crippen LogP contribution in [0.15, 0.2) is 6.20 Å². The first-order valence-corrected chi connectivity index (χ1v) is 6.42. The summed E-state index contributed by atoms with van der Waals surface area (Å²) in [5, 5.41) is 13.4. The molecule has 108 valence electrons. The van der Waals surface area contributed by atoms with Crippen LogP contribution in [-0.4, -0.2) is 64.4 Å². The van der Waals surface area contributed by atoms with Gasteiger partial charge in [-0.05, 0) is 27.9 Å². The summed E-state index contributed by atoms with van der Waals surface area (Å²) in [6, 6.07) is 0.0461. The molecule has 6 heteroatoms. The van der Waals surface area contributed by atoms with E-state index in [1.807, 2.05) is 46.1 Å². The lowest BCUT2D eigenvalue weighted by molar-refractivity contribution is -0.138. The molecule has 1 atom stereocenters. The summed E-state index contributed by atoms with van der Waals surface area (Å²) in [5.74, 6) is -0.799. The minimum atomic E-state index is -0.799. The van der Waals surface area contributed by atoms with Gasteiger partial charge in [0, 0.05) is 37.9 Å². The van der Waals surface area contributed by atoms with E-state index in [0.717, 1.165) is 24.3 Å². The SMILES string of the molecule is Cc1nn(C)cc1C(C)N(CCN(C)C)CC(=O)O. The molecule has 0 radical (unpaired) electrons. The van der Waals surface area contributed by atoms with E-state index in [4.69, 9.17) is 5.11 Å². The Kier molecular flexibility index (Phi) is 5.50. The highest BCUT2D eigenvalue weighted by Crippen LogP contribution is 2.22. The van der Waals surface area contributed by atoms with E-state index in [0.29, 0.717) is 0 Å². The maximum Gasteiger partial charge on any atom is 0.317 e. The standard InChI is InChI=1S/C13H24N4O2/c1-10-12(8-16(5)14-10)11(2)17(9-13(18)19)7-6-15(3)4/h8,11H,6-7,9H2,1-5H3,(H,18,19). The predicted octanol–water partition coefficient (Wildman–Crippen LogP) is 0.738. The maximum atomic E-state index is 11.0. The number of likely N-dealkylation sites (N-methyl/N-ethyl adjacent to an activating group) is 1. The van der Waals surface area contributed by atoms with Crippen molar-refractivity contribution in [2.75, 3.05) is 33.7 Å². The molecule has 0 saturated carbocycles. The van der Waals surface area contributed by atoms with E-state index in [2.05, 4.69) is 10.00 Å². The first-order chi connectivity index (χ1) is 8.81. The first-order valence-electron chi connectivity index (χ1n) is 6.42. The van der Waals surface area contributed by atoms with Gasteiger partial charge in [-0.2, -0.15) is 5.10 Å². The van der Waals surface area contributed by atoms with Crippen LogP contribution in [0.4, 0.5) is 0 Å². The van der Waals surface area contributed by atoms with Gasteiger partial charge in [0.05, 0.1) is 12.2 Å². The van der Waals surface area contributed by atoms with Gasteiger partial charge in [-0.1, -0.05) is 0 Å². The molecule has 1 aromatic rings. The summed E-state index contributed by atoms with van der Waals surface area (Å²) in [5.41, 5.74) is 2.04. The zero-order valence-corrected chi connectivity index (χ0v) is 12.4. The molecule has 0 saturated heterocycles. The van der Waals surface area contributed by atoms with Gasteiger partial charge < -0.3 is 10.0 Å². The molecule has 1 rings (SSSR count). The number of aliphatic carboxylic acids is 1. The molecule has 0 aliphatic heterocycles. The second-order valence-electron chi connectivity index (χ2n) is 5.19. The molecular formula is C13H24N4O2. The van der Waals surface area contributed by atoms with Crippen LogP contribution < -0.4 is 0 Å². The molecule has 0 bridgehead atoms. The third kappa shape index (κ3) is 4.65. The number of rotatable bonds is 7. The van der Waals surface area contributed by atoms with Gasteiger partial charge in [0.1, 0.15) is 0 Å². The summed E-state index contributed by atoms with van der Waals surface area (Å²) < 4.78 is 1.77. The summed E-state index contributed by atoms with van der Waals surface area (Å²) in [6.45, 7) is 5.58. The Labute approximate surface area is 114 Å². The van der Waals surface area contributed by atoms with E-state index < -0.39 is 5.97 Å². The van der Waals surface area contributed by atoms with Crippen molar-refractivity contribution < 1.29 is 9.90 Å². The minimum absolute atomic E-state index is 0.0450. The lowest BCUT2D eigenvalue weighted by atomic mass is 10.1. The molecule has 1 aromatic heterocycles. The Morgan fingerprint density at radius 1 is 1.47 bits per heavy atom. The third-order valence-corrected chi connectivity index (χ3v) is 3.22. The average molecular weight is 268 g/mol. The lowest BCUT2D eigenvalue weighted by Crippen LogP contribution is -2.37. The minimum Gasteiger partial charge on any atom is -0.480 e. The van der Waals surface area contributed by atoms with Gasteiger partial charge in [-0.15, -0.1) is 0 Å². The van der Waals surface area contributed by atoms with Crippen molar-refractivity contribution in [3.05, 3.63) is 17.5 Å². The molecule has 0 aliphatic rings. The highest BCUT2D eigenvalue weighted by atomic mass is 16.4. The molecule has 1 heterocycles. The van der Waals surface area contributed by atoms with Crippen molar-refractivity contribution in [2.24, 2.45) is 7.05 Å². The Morgan fingerprint density at radius 3 is 2.53 bits per heavy atom. The zero-order chi connectivity index (χ0) is 14.6. The van der Waals surface area contributed by atoms with Crippen molar-refractivity contribution in [3.8, 4) is 0 Å². The van der Waals surface area contributed by atoms with E-state index in [-0.39, 0.29) is 12.6 Å². The molecule has 0 aromatic carbocycles. The molecule has 0 aliphatic carbocycles. The smallest absolute Gasteiger partial charge is 0.317 e. The van der Waals surface area contributed by atoms with Crippen LogP contribution in [0.1, 0.15) is 24.2 Å². The van der Waals surface area contributed by atoms with Crippen LogP contribution in [0.3, 0.4) is 0 Å². The van der Waals surface area contributed by atoms with Crippen molar-refractivity contribution in [1.82, 2.24) is 19.6 Å². The summed E-state index contributed by atoms with van der Waals surface area (Å²) in [4.78, 5) is 15.0. The summed E-state index contributed by atoms with van der Waals surface area (Å²) >= 11 is 0. The van der Waals surface area contributed by atoms with Crippen LogP contribution in [-0.2, 0) is 11.8 Å². The van der Waals surface area contributed by atoms with E-state index >= 15 is 0 Å². The molecule has 19 heavy (non-hydrogen) atoms. The van der Waals surface area contributed by atoms with E-state index in [1.165, 1.54) is 0 Å². The maximum absolute atomic E-state index is 11.0. The van der Waals surface area contributed by atoms with Crippen molar-refractivity contribution in [2.45, 2.75) is 19.9 Å². The molecule has 1 unspecified atom stereocenters. The normalized spacial score (nSPS) is 13.2. The summed E-state index contributed by atoms with van der Waals surface area (Å²) in [7, 11) is 5.85. The highest BCUT2D eigenvalue weighted by molar-refractivity contribution is 5.69. The zero-order valence-electron chi connectivity index (χ0n) is 12.4. The van der Waals surface area contributed by atoms with Crippen LogP contribution in [0.25, 0.3) is 0 Å². The fourth-order valence-electron chi connectivity index (χ4n) is 2.14. The van der Waals surface area contributed by atoms with Crippen LogP contribution in [0.5, 0.6) is 0 Å². The topological polar surface area (TPSA) is 61.6 Å². The van der Waals surface area contributed by atoms with Crippen molar-refractivity contribution >= 4 is 5.97 Å². The second-order valence-corrected chi connectivity index (χ2v) is 5.19. The molecule has 1 N–H and O–H groups in total. The van der Waals surface area contributed by atoms with E-state index in [9.17, 15) is 4.79 Å². The van der Waals surface area contributed by atoms with Crippen molar-refractivity contribution in [3.63, 3.8) is 0 Å². The monoisotopic (exact) mass is 268 g/mol. The van der Waals surface area contributed by atoms with E-state index in [1.54, 1.807) is 4.68 Å². The highest BCUT2D eigenvalue weighted by Gasteiger charge is 2.21. The number of hydrogen-bond donors (Lipinski definition) is 1. The number of carboxylic acids is 1. The van der Waals surface area contributed by atoms with Gasteiger partial charge in [0.2, 0.25) is 0 Å². The number of hydrogen-bond acceptors (Lipinski definition) is 4. The van der Waals surface area contributed by atoms with Gasteiger partial charge in [-0.25, -0.2) is 0 Å². The quantitative estimate of drug-likeness (QED) is 0.790.